The third-order valence-electron chi connectivity index (χ3n) is 3.58. The Morgan fingerprint density at radius 3 is 2.39 bits per heavy atom. The largest absolute Gasteiger partial charge is 0.478 e. The number of carbonyl (C=O) groups is 2. The van der Waals surface area contributed by atoms with Crippen molar-refractivity contribution in [3.05, 3.63) is 63.8 Å². The number of rotatable bonds is 4. The number of aromatic nitrogens is 2. The fourth-order valence-corrected chi connectivity index (χ4v) is 2.85. The average molecular weight is 331 g/mol. The summed E-state index contributed by atoms with van der Waals surface area (Å²) >= 11 is 6.17. The molecule has 3 rings (SSSR count). The van der Waals surface area contributed by atoms with Gasteiger partial charge in [0.15, 0.2) is 0 Å². The quantitative estimate of drug-likeness (QED) is 0.681. The normalized spacial score (nSPS) is 10.8. The molecule has 0 saturated carbocycles. The van der Waals surface area contributed by atoms with Gasteiger partial charge in [0.2, 0.25) is 0 Å². The molecule has 0 spiro atoms. The minimum atomic E-state index is -1.17. The molecule has 0 unspecified atom stereocenters. The van der Waals surface area contributed by atoms with Crippen molar-refractivity contribution < 1.29 is 19.8 Å². The Bertz CT molecular complexity index is 901. The molecule has 0 bridgehead atoms. The molecule has 1 heterocycles. The number of halogens is 1. The van der Waals surface area contributed by atoms with Gasteiger partial charge in [0.25, 0.3) is 0 Å². The zero-order valence-corrected chi connectivity index (χ0v) is 12.5. The van der Waals surface area contributed by atoms with Crippen molar-refractivity contribution in [2.45, 2.75) is 6.42 Å². The molecule has 116 valence electrons. The van der Waals surface area contributed by atoms with Crippen LogP contribution >= 0.6 is 11.6 Å². The fraction of sp³-hybridized carbons (Fsp3) is 0.0625. The Morgan fingerprint density at radius 1 is 1.13 bits per heavy atom. The zero-order chi connectivity index (χ0) is 16.6. The van der Waals surface area contributed by atoms with Gasteiger partial charge in [0, 0.05) is 5.39 Å². The summed E-state index contributed by atoms with van der Waals surface area (Å²) in [7, 11) is 0. The maximum Gasteiger partial charge on any atom is 0.336 e. The zero-order valence-electron chi connectivity index (χ0n) is 11.7. The first-order valence-electron chi connectivity index (χ1n) is 6.67. The van der Waals surface area contributed by atoms with Crippen LogP contribution in [0, 0.1) is 0 Å². The summed E-state index contributed by atoms with van der Waals surface area (Å²) in [4.78, 5) is 22.8. The van der Waals surface area contributed by atoms with Gasteiger partial charge >= 0.3 is 11.9 Å². The first-order chi connectivity index (χ1) is 11.0. The van der Waals surface area contributed by atoms with Crippen molar-refractivity contribution in [3.8, 4) is 0 Å². The van der Waals surface area contributed by atoms with Crippen LogP contribution in [0.5, 0.6) is 0 Å². The number of benzene rings is 2. The summed E-state index contributed by atoms with van der Waals surface area (Å²) in [6.45, 7) is 0. The lowest BCUT2D eigenvalue weighted by Crippen LogP contribution is -2.10. The number of carboxylic acids is 2. The Morgan fingerprint density at radius 2 is 1.78 bits per heavy atom. The maximum absolute atomic E-state index is 11.4. The molecule has 0 saturated heterocycles. The van der Waals surface area contributed by atoms with E-state index in [1.807, 2.05) is 0 Å². The van der Waals surface area contributed by atoms with Gasteiger partial charge in [-0.1, -0.05) is 17.7 Å². The molecule has 0 amide bonds. The predicted molar refractivity (Wildman–Crippen MR) is 84.3 cm³/mol. The van der Waals surface area contributed by atoms with Crippen LogP contribution in [-0.4, -0.2) is 32.3 Å². The minimum absolute atomic E-state index is 0.0340. The molecule has 1 aromatic heterocycles. The molecule has 23 heavy (non-hydrogen) atoms. The van der Waals surface area contributed by atoms with E-state index in [9.17, 15) is 19.8 Å². The number of aromatic carboxylic acids is 2. The molecular weight excluding hydrogens is 320 g/mol. The molecule has 7 heteroatoms. The molecule has 0 aliphatic heterocycles. The summed E-state index contributed by atoms with van der Waals surface area (Å²) in [5.74, 6) is -2.34. The lowest BCUT2D eigenvalue weighted by molar-refractivity contribution is 0.0696. The average Bonchev–Trinajstić information content (AvgIpc) is 2.96. The van der Waals surface area contributed by atoms with E-state index >= 15 is 0 Å². The van der Waals surface area contributed by atoms with Crippen LogP contribution < -0.4 is 0 Å². The van der Waals surface area contributed by atoms with Crippen LogP contribution in [0.2, 0.25) is 5.02 Å². The first-order valence-corrected chi connectivity index (χ1v) is 7.05. The second-order valence-corrected chi connectivity index (χ2v) is 5.44. The highest BCUT2D eigenvalue weighted by atomic mass is 35.5. The van der Waals surface area contributed by atoms with Crippen LogP contribution in [0.1, 0.15) is 31.8 Å². The van der Waals surface area contributed by atoms with Crippen molar-refractivity contribution in [2.75, 3.05) is 0 Å². The summed E-state index contributed by atoms with van der Waals surface area (Å²) in [6.07, 6.45) is 1.75. The molecular formula is C16H11ClN2O4. The van der Waals surface area contributed by atoms with E-state index in [0.29, 0.717) is 16.1 Å². The highest BCUT2D eigenvalue weighted by Gasteiger charge is 2.19. The summed E-state index contributed by atoms with van der Waals surface area (Å²) in [5.41, 5.74) is 1.56. The molecule has 3 aromatic rings. The Kier molecular flexibility index (Phi) is 3.75. The topological polar surface area (TPSA) is 103 Å². The van der Waals surface area contributed by atoms with Crippen LogP contribution in [-0.2, 0) is 6.42 Å². The molecule has 0 fully saturated rings. The Labute approximate surface area is 135 Å². The van der Waals surface area contributed by atoms with Crippen molar-refractivity contribution >= 4 is 34.4 Å². The highest BCUT2D eigenvalue weighted by Crippen LogP contribution is 2.26. The van der Waals surface area contributed by atoms with E-state index in [0.717, 1.165) is 5.39 Å². The number of carboxylic acid groups (broad SMARTS) is 2. The molecule has 2 aromatic carbocycles. The number of fused-ring (bicyclic) bond motifs is 1. The Hall–Kier alpha value is -2.86. The summed E-state index contributed by atoms with van der Waals surface area (Å²) in [5, 5.41) is 26.5. The van der Waals surface area contributed by atoms with Crippen LogP contribution in [0.4, 0.5) is 0 Å². The summed E-state index contributed by atoms with van der Waals surface area (Å²) < 4.78 is 0. The van der Waals surface area contributed by atoms with Crippen LogP contribution in [0.25, 0.3) is 10.9 Å². The van der Waals surface area contributed by atoms with E-state index in [2.05, 4.69) is 10.2 Å². The first kappa shape index (κ1) is 15.1. The second kappa shape index (κ2) is 5.73. The number of aromatic amines is 1. The van der Waals surface area contributed by atoms with E-state index in [4.69, 9.17) is 11.6 Å². The molecule has 3 N–H and O–H groups in total. The SMILES string of the molecule is O=C(O)c1cccc(C(=O)O)c1Cc1cc(Cl)c2[nH]ncc2c1. The number of nitrogens with one attached hydrogen (secondary N) is 1. The lowest BCUT2D eigenvalue weighted by Gasteiger charge is -2.10. The maximum atomic E-state index is 11.4. The smallest absolute Gasteiger partial charge is 0.336 e. The molecule has 0 atom stereocenters. The molecule has 0 aliphatic rings. The van der Waals surface area contributed by atoms with Crippen LogP contribution in [0.3, 0.4) is 0 Å². The van der Waals surface area contributed by atoms with Gasteiger partial charge in [0.05, 0.1) is 27.9 Å². The third-order valence-corrected chi connectivity index (χ3v) is 3.88. The molecule has 0 radical (unpaired) electrons. The van der Waals surface area contributed by atoms with E-state index < -0.39 is 11.9 Å². The van der Waals surface area contributed by atoms with Crippen molar-refractivity contribution in [2.24, 2.45) is 0 Å². The minimum Gasteiger partial charge on any atom is -0.478 e. The molecule has 0 aliphatic carbocycles. The number of hydrogen-bond donors (Lipinski definition) is 3. The third kappa shape index (κ3) is 2.76. The van der Waals surface area contributed by atoms with E-state index in [-0.39, 0.29) is 23.1 Å². The monoisotopic (exact) mass is 330 g/mol. The Balaban J connectivity index is 2.13. The van der Waals surface area contributed by atoms with Crippen LogP contribution in [0.15, 0.2) is 36.5 Å². The van der Waals surface area contributed by atoms with Crippen molar-refractivity contribution in [1.29, 1.82) is 0 Å². The van der Waals surface area contributed by atoms with Crippen molar-refractivity contribution in [3.63, 3.8) is 0 Å². The van der Waals surface area contributed by atoms with Gasteiger partial charge in [0.1, 0.15) is 0 Å². The number of hydrogen-bond acceptors (Lipinski definition) is 3. The van der Waals surface area contributed by atoms with E-state index in [1.54, 1.807) is 18.3 Å². The van der Waals surface area contributed by atoms with E-state index in [1.165, 1.54) is 18.2 Å². The van der Waals surface area contributed by atoms with Gasteiger partial charge in [-0.3, -0.25) is 5.10 Å². The van der Waals surface area contributed by atoms with Crippen molar-refractivity contribution in [1.82, 2.24) is 10.2 Å². The van der Waals surface area contributed by atoms with Gasteiger partial charge in [-0.25, -0.2) is 9.59 Å². The fourth-order valence-electron chi connectivity index (χ4n) is 2.56. The standard InChI is InChI=1S/C16H11ClN2O4/c17-13-6-8(4-9-7-18-19-14(9)13)5-12-10(15(20)21)2-1-3-11(12)16(22)23/h1-4,6-7H,5H2,(H,18,19)(H,20,21)(H,22,23). The van der Waals surface area contributed by atoms with Gasteiger partial charge in [-0.05, 0) is 41.8 Å². The number of nitrogens with zero attached hydrogens (tertiary/aromatic N) is 1. The summed E-state index contributed by atoms with van der Waals surface area (Å²) in [6, 6.07) is 7.67. The highest BCUT2D eigenvalue weighted by molar-refractivity contribution is 6.35. The van der Waals surface area contributed by atoms with Gasteiger partial charge in [-0.2, -0.15) is 5.10 Å². The lowest BCUT2D eigenvalue weighted by atomic mass is 9.94. The molecule has 6 nitrogen and oxygen atoms in total. The predicted octanol–water partition coefficient (Wildman–Crippen LogP) is 3.20. The van der Waals surface area contributed by atoms with Gasteiger partial charge < -0.3 is 10.2 Å². The number of H-pyrrole nitrogens is 1. The second-order valence-electron chi connectivity index (χ2n) is 5.03. The van der Waals surface area contributed by atoms with Gasteiger partial charge in [-0.15, -0.1) is 0 Å².